The summed E-state index contributed by atoms with van der Waals surface area (Å²) < 4.78 is 0. The lowest BCUT2D eigenvalue weighted by Crippen LogP contribution is -2.29. The number of hydrogen-bond donors (Lipinski definition) is 2. The Balaban J connectivity index is 2.69. The number of benzene rings is 1. The van der Waals surface area contributed by atoms with Crippen molar-refractivity contribution >= 4 is 5.91 Å². The Morgan fingerprint density at radius 3 is 2.21 bits per heavy atom. The number of amides is 1. The van der Waals surface area contributed by atoms with Crippen molar-refractivity contribution in [3.8, 4) is 0 Å². The predicted molar refractivity (Wildman–Crippen MR) is 78.1 cm³/mol. The molecule has 19 heavy (non-hydrogen) atoms. The highest BCUT2D eigenvalue weighted by Crippen LogP contribution is 2.23. The summed E-state index contributed by atoms with van der Waals surface area (Å²) >= 11 is 0. The van der Waals surface area contributed by atoms with Crippen LogP contribution >= 0.6 is 0 Å². The molecule has 0 aliphatic carbocycles. The summed E-state index contributed by atoms with van der Waals surface area (Å²) in [5, 5.41) is 13.0. The van der Waals surface area contributed by atoms with E-state index in [2.05, 4.69) is 17.4 Å². The molecule has 0 spiro atoms. The van der Waals surface area contributed by atoms with Crippen molar-refractivity contribution in [3.63, 3.8) is 0 Å². The Morgan fingerprint density at radius 1 is 1.21 bits per heavy atom. The summed E-state index contributed by atoms with van der Waals surface area (Å²) in [5.41, 5.74) is 4.26. The van der Waals surface area contributed by atoms with Gasteiger partial charge in [0.25, 0.3) is 0 Å². The Bertz CT molecular complexity index is 429. The van der Waals surface area contributed by atoms with E-state index in [0.717, 1.165) is 16.7 Å². The van der Waals surface area contributed by atoms with Crippen LogP contribution < -0.4 is 5.32 Å². The number of nitrogens with one attached hydrogen (secondary N) is 1. The summed E-state index contributed by atoms with van der Waals surface area (Å²) in [6, 6.07) is 4.11. The number of aryl methyl sites for hydroxylation is 3. The number of carbonyl (C=O) groups excluding carboxylic acids is 1. The molecule has 1 unspecified atom stereocenters. The van der Waals surface area contributed by atoms with Crippen molar-refractivity contribution in [2.75, 3.05) is 6.54 Å². The van der Waals surface area contributed by atoms with Crippen molar-refractivity contribution < 1.29 is 9.90 Å². The van der Waals surface area contributed by atoms with Gasteiger partial charge < -0.3 is 10.4 Å². The van der Waals surface area contributed by atoms with Gasteiger partial charge in [-0.1, -0.05) is 31.5 Å². The van der Waals surface area contributed by atoms with Gasteiger partial charge >= 0.3 is 0 Å². The fourth-order valence-corrected chi connectivity index (χ4v) is 2.47. The lowest BCUT2D eigenvalue weighted by atomic mass is 9.95. The zero-order valence-corrected chi connectivity index (χ0v) is 12.6. The molecule has 0 radical (unpaired) electrons. The van der Waals surface area contributed by atoms with Gasteiger partial charge in [0.15, 0.2) is 0 Å². The van der Waals surface area contributed by atoms with Gasteiger partial charge in [-0.05, 0) is 43.4 Å². The van der Waals surface area contributed by atoms with Gasteiger partial charge in [0.2, 0.25) is 5.91 Å². The van der Waals surface area contributed by atoms with Crippen molar-refractivity contribution in [2.24, 2.45) is 5.92 Å². The van der Waals surface area contributed by atoms with E-state index < -0.39 is 6.10 Å². The van der Waals surface area contributed by atoms with Gasteiger partial charge in [-0.15, -0.1) is 0 Å². The molecule has 1 aromatic rings. The first-order valence-corrected chi connectivity index (χ1v) is 6.83. The molecule has 0 fully saturated rings. The van der Waals surface area contributed by atoms with Crippen LogP contribution in [0.3, 0.4) is 0 Å². The third-order valence-corrected chi connectivity index (χ3v) is 3.16. The van der Waals surface area contributed by atoms with E-state index in [4.69, 9.17) is 0 Å². The Hall–Kier alpha value is -1.35. The van der Waals surface area contributed by atoms with E-state index in [9.17, 15) is 9.90 Å². The minimum Gasteiger partial charge on any atom is -0.387 e. The molecule has 0 saturated carbocycles. The van der Waals surface area contributed by atoms with Gasteiger partial charge in [-0.25, -0.2) is 0 Å². The van der Waals surface area contributed by atoms with E-state index in [1.54, 1.807) is 0 Å². The van der Waals surface area contributed by atoms with E-state index in [1.807, 2.05) is 34.6 Å². The first-order chi connectivity index (χ1) is 8.81. The first kappa shape index (κ1) is 15.7. The molecular formula is C16H25NO2. The molecule has 2 N–H and O–H groups in total. The van der Waals surface area contributed by atoms with Gasteiger partial charge in [0.05, 0.1) is 6.10 Å². The van der Waals surface area contributed by atoms with Crippen LogP contribution in [0.1, 0.15) is 48.6 Å². The Kier molecular flexibility index (Phi) is 5.55. The Morgan fingerprint density at radius 2 is 1.74 bits per heavy atom. The van der Waals surface area contributed by atoms with Gasteiger partial charge in [-0.3, -0.25) is 4.79 Å². The molecule has 1 atom stereocenters. The summed E-state index contributed by atoms with van der Waals surface area (Å²) in [6.45, 7) is 10.3. The summed E-state index contributed by atoms with van der Waals surface area (Å²) in [5.74, 6) is 0.330. The number of aliphatic hydroxyl groups excluding tert-OH is 1. The normalized spacial score (nSPS) is 12.6. The van der Waals surface area contributed by atoms with Crippen LogP contribution in [0, 0.1) is 26.7 Å². The van der Waals surface area contributed by atoms with Crippen molar-refractivity contribution in [1.82, 2.24) is 5.32 Å². The molecule has 0 saturated heterocycles. The van der Waals surface area contributed by atoms with Crippen molar-refractivity contribution in [3.05, 3.63) is 34.4 Å². The van der Waals surface area contributed by atoms with E-state index >= 15 is 0 Å². The average molecular weight is 263 g/mol. The molecule has 1 aromatic carbocycles. The maximum absolute atomic E-state index is 11.6. The molecule has 1 rings (SSSR count). The van der Waals surface area contributed by atoms with Crippen LogP contribution in [0.25, 0.3) is 0 Å². The first-order valence-electron chi connectivity index (χ1n) is 6.83. The minimum atomic E-state index is -0.642. The molecule has 3 nitrogen and oxygen atoms in total. The van der Waals surface area contributed by atoms with E-state index in [0.29, 0.717) is 12.3 Å². The van der Waals surface area contributed by atoms with Crippen LogP contribution in [0.15, 0.2) is 12.1 Å². The monoisotopic (exact) mass is 263 g/mol. The molecule has 3 heteroatoms. The molecule has 0 aliphatic rings. The molecule has 0 aliphatic heterocycles. The molecule has 0 bridgehead atoms. The quantitative estimate of drug-likeness (QED) is 0.858. The van der Waals surface area contributed by atoms with Crippen LogP contribution in [-0.2, 0) is 4.79 Å². The second-order valence-corrected chi connectivity index (χ2v) is 5.73. The van der Waals surface area contributed by atoms with E-state index in [1.165, 1.54) is 5.56 Å². The fraction of sp³-hybridized carbons (Fsp3) is 0.562. The topological polar surface area (TPSA) is 49.3 Å². The second-order valence-electron chi connectivity index (χ2n) is 5.73. The van der Waals surface area contributed by atoms with Crippen molar-refractivity contribution in [1.29, 1.82) is 0 Å². The largest absolute Gasteiger partial charge is 0.387 e. The SMILES string of the molecule is Cc1cc(C)c(C(O)CNC(=O)CC(C)C)c(C)c1. The van der Waals surface area contributed by atoms with Crippen LogP contribution in [0.4, 0.5) is 0 Å². The van der Waals surface area contributed by atoms with Gasteiger partial charge in [0.1, 0.15) is 0 Å². The highest BCUT2D eigenvalue weighted by atomic mass is 16.3. The predicted octanol–water partition coefficient (Wildman–Crippen LogP) is 2.81. The number of hydrogen-bond acceptors (Lipinski definition) is 2. The Labute approximate surface area is 116 Å². The second kappa shape index (κ2) is 6.71. The number of carbonyl (C=O) groups is 1. The summed E-state index contributed by atoms with van der Waals surface area (Å²) in [6.07, 6.45) is -0.143. The third kappa shape index (κ3) is 4.67. The lowest BCUT2D eigenvalue weighted by Gasteiger charge is -2.18. The van der Waals surface area contributed by atoms with Gasteiger partial charge in [-0.2, -0.15) is 0 Å². The average Bonchev–Trinajstić information content (AvgIpc) is 2.23. The van der Waals surface area contributed by atoms with Crippen LogP contribution in [0.2, 0.25) is 0 Å². The molecule has 106 valence electrons. The molecule has 0 heterocycles. The van der Waals surface area contributed by atoms with Crippen molar-refractivity contribution in [2.45, 2.75) is 47.1 Å². The van der Waals surface area contributed by atoms with Crippen LogP contribution in [0.5, 0.6) is 0 Å². The zero-order valence-electron chi connectivity index (χ0n) is 12.6. The smallest absolute Gasteiger partial charge is 0.220 e. The highest BCUT2D eigenvalue weighted by molar-refractivity contribution is 5.76. The maximum atomic E-state index is 11.6. The summed E-state index contributed by atoms with van der Waals surface area (Å²) in [4.78, 5) is 11.6. The number of aliphatic hydroxyl groups is 1. The standard InChI is InChI=1S/C16H25NO2/c1-10(2)6-15(19)17-9-14(18)16-12(4)7-11(3)8-13(16)5/h7-8,10,14,18H,6,9H2,1-5H3,(H,17,19). The molecule has 0 aromatic heterocycles. The molecule has 1 amide bonds. The minimum absolute atomic E-state index is 0.00327. The van der Waals surface area contributed by atoms with Gasteiger partial charge in [0, 0.05) is 13.0 Å². The van der Waals surface area contributed by atoms with E-state index in [-0.39, 0.29) is 12.5 Å². The molecular weight excluding hydrogens is 238 g/mol. The zero-order chi connectivity index (χ0) is 14.6. The lowest BCUT2D eigenvalue weighted by molar-refractivity contribution is -0.122. The summed E-state index contributed by atoms with van der Waals surface area (Å²) in [7, 11) is 0. The third-order valence-electron chi connectivity index (χ3n) is 3.16. The fourth-order valence-electron chi connectivity index (χ4n) is 2.47. The highest BCUT2D eigenvalue weighted by Gasteiger charge is 2.15. The number of rotatable bonds is 5. The van der Waals surface area contributed by atoms with Crippen LogP contribution in [-0.4, -0.2) is 17.6 Å². The maximum Gasteiger partial charge on any atom is 0.220 e.